The molecule has 3 heterocycles. The number of imide groups is 2. The first-order valence-corrected chi connectivity index (χ1v) is 11.2. The molecule has 2 saturated heterocycles. The summed E-state index contributed by atoms with van der Waals surface area (Å²) in [6.07, 6.45) is 0.606. The van der Waals surface area contributed by atoms with Crippen LogP contribution in [-0.2, 0) is 14.4 Å². The molecule has 0 spiro atoms. The van der Waals surface area contributed by atoms with Gasteiger partial charge in [0.15, 0.2) is 0 Å². The first-order valence-electron chi connectivity index (χ1n) is 11.2. The summed E-state index contributed by atoms with van der Waals surface area (Å²) in [5.41, 5.74) is 6.46. The minimum atomic E-state index is -0.965. The number of primary amides is 1. The molecule has 5 amide bonds. The normalized spacial score (nSPS) is 21.8. The highest BCUT2D eigenvalue weighted by Crippen LogP contribution is 2.29. The lowest BCUT2D eigenvalue weighted by atomic mass is 10.0. The number of nitrogens with one attached hydrogen (secondary N) is 2. The molecule has 1 atom stereocenters. The zero-order valence-corrected chi connectivity index (χ0v) is 18.3. The Morgan fingerprint density at radius 3 is 2.33 bits per heavy atom. The van der Waals surface area contributed by atoms with Crippen molar-refractivity contribution in [3.8, 4) is 0 Å². The van der Waals surface area contributed by atoms with Crippen molar-refractivity contribution in [3.05, 3.63) is 29.3 Å². The molecule has 3 aliphatic rings. The molecular formula is C22H28N6O5. The van der Waals surface area contributed by atoms with Gasteiger partial charge in [0, 0.05) is 64.3 Å². The summed E-state index contributed by atoms with van der Waals surface area (Å²) in [5, 5.41) is 5.49. The maximum absolute atomic E-state index is 12.9. The Hall–Kier alpha value is -3.31. The average Bonchev–Trinajstić information content (AvgIpc) is 3.03. The summed E-state index contributed by atoms with van der Waals surface area (Å²) in [4.78, 5) is 65.7. The maximum atomic E-state index is 12.9. The van der Waals surface area contributed by atoms with Crippen LogP contribution < -0.4 is 16.4 Å². The number of nitrogens with zero attached hydrogens (tertiary/aromatic N) is 3. The molecule has 1 unspecified atom stereocenters. The van der Waals surface area contributed by atoms with Crippen LogP contribution in [0.1, 0.15) is 40.0 Å². The van der Waals surface area contributed by atoms with Gasteiger partial charge in [0.1, 0.15) is 6.04 Å². The van der Waals surface area contributed by atoms with Crippen LogP contribution in [0.5, 0.6) is 0 Å². The molecule has 4 N–H and O–H groups in total. The summed E-state index contributed by atoms with van der Waals surface area (Å²) in [5.74, 6) is -2.32. The Labute approximate surface area is 191 Å². The van der Waals surface area contributed by atoms with Crippen molar-refractivity contribution in [1.29, 1.82) is 0 Å². The van der Waals surface area contributed by atoms with Crippen molar-refractivity contribution in [2.24, 2.45) is 5.73 Å². The number of fused-ring (bicyclic) bond motifs is 1. The highest BCUT2D eigenvalue weighted by Gasteiger charge is 2.44. The van der Waals surface area contributed by atoms with Crippen molar-refractivity contribution >= 4 is 35.2 Å². The van der Waals surface area contributed by atoms with E-state index in [2.05, 4.69) is 20.4 Å². The fourth-order valence-corrected chi connectivity index (χ4v) is 4.44. The monoisotopic (exact) mass is 456 g/mol. The number of hydrogen-bond acceptors (Lipinski definition) is 8. The minimum absolute atomic E-state index is 0.0933. The summed E-state index contributed by atoms with van der Waals surface area (Å²) >= 11 is 0. The van der Waals surface area contributed by atoms with Crippen LogP contribution in [-0.4, -0.2) is 96.1 Å². The zero-order chi connectivity index (χ0) is 23.5. The predicted octanol–water partition coefficient (Wildman–Crippen LogP) is -1.01. The van der Waals surface area contributed by atoms with Crippen molar-refractivity contribution in [2.45, 2.75) is 25.3 Å². The third-order valence-electron chi connectivity index (χ3n) is 6.34. The van der Waals surface area contributed by atoms with Gasteiger partial charge in [-0.3, -0.25) is 39.1 Å². The molecule has 11 heteroatoms. The van der Waals surface area contributed by atoms with Gasteiger partial charge in [-0.05, 0) is 24.6 Å². The van der Waals surface area contributed by atoms with Crippen LogP contribution in [0.4, 0.5) is 5.69 Å². The lowest BCUT2D eigenvalue weighted by Gasteiger charge is -2.34. The van der Waals surface area contributed by atoms with E-state index in [1.807, 2.05) is 0 Å². The maximum Gasteiger partial charge on any atom is 0.262 e. The lowest BCUT2D eigenvalue weighted by molar-refractivity contribution is -0.136. The molecule has 11 nitrogen and oxygen atoms in total. The third kappa shape index (κ3) is 5.04. The Kier molecular flexibility index (Phi) is 6.70. The van der Waals surface area contributed by atoms with Crippen molar-refractivity contribution in [2.75, 3.05) is 51.1 Å². The largest absolute Gasteiger partial charge is 0.384 e. The van der Waals surface area contributed by atoms with Gasteiger partial charge >= 0.3 is 0 Å². The topological polar surface area (TPSA) is 145 Å². The lowest BCUT2D eigenvalue weighted by Crippen LogP contribution is -2.54. The van der Waals surface area contributed by atoms with E-state index in [0.717, 1.165) is 43.3 Å². The smallest absolute Gasteiger partial charge is 0.262 e. The standard InChI is InChI=1S/C22H28N6O5/c23-18(29)5-7-26-9-11-27(12-10-26)8-6-24-14-1-2-15-16(13-14)22(33)28(21(15)32)17-3-4-19(30)25-20(17)31/h1-2,13,17,24H,3-12H2,(H2,23,29)(H,25,30,31). The van der Waals surface area contributed by atoms with Gasteiger partial charge in [0.05, 0.1) is 11.1 Å². The Morgan fingerprint density at radius 1 is 1.00 bits per heavy atom. The second-order valence-corrected chi connectivity index (χ2v) is 8.53. The van der Waals surface area contributed by atoms with E-state index in [4.69, 9.17) is 5.73 Å². The van der Waals surface area contributed by atoms with Gasteiger partial charge < -0.3 is 16.0 Å². The second-order valence-electron chi connectivity index (χ2n) is 8.53. The van der Waals surface area contributed by atoms with Gasteiger partial charge in [0.2, 0.25) is 17.7 Å². The predicted molar refractivity (Wildman–Crippen MR) is 118 cm³/mol. The van der Waals surface area contributed by atoms with E-state index < -0.39 is 29.7 Å². The molecule has 33 heavy (non-hydrogen) atoms. The quantitative estimate of drug-likeness (QED) is 0.422. The minimum Gasteiger partial charge on any atom is -0.384 e. The zero-order valence-electron chi connectivity index (χ0n) is 18.3. The highest BCUT2D eigenvalue weighted by atomic mass is 16.2. The highest BCUT2D eigenvalue weighted by molar-refractivity contribution is 6.23. The van der Waals surface area contributed by atoms with Gasteiger partial charge in [-0.15, -0.1) is 0 Å². The molecule has 2 fully saturated rings. The SMILES string of the molecule is NC(=O)CCN1CCN(CCNc2ccc3c(c2)C(=O)N(C2CCC(=O)NC2=O)C3=O)CC1. The Bertz CT molecular complexity index is 987. The number of benzene rings is 1. The number of nitrogens with two attached hydrogens (primary N) is 1. The van der Waals surface area contributed by atoms with E-state index in [-0.39, 0.29) is 29.9 Å². The van der Waals surface area contributed by atoms with Crippen molar-refractivity contribution < 1.29 is 24.0 Å². The van der Waals surface area contributed by atoms with Crippen LogP contribution in [0.15, 0.2) is 18.2 Å². The fraction of sp³-hybridized carbons (Fsp3) is 0.500. The van der Waals surface area contributed by atoms with Gasteiger partial charge in [0.25, 0.3) is 11.8 Å². The van der Waals surface area contributed by atoms with Crippen LogP contribution in [0.2, 0.25) is 0 Å². The van der Waals surface area contributed by atoms with Gasteiger partial charge in [-0.1, -0.05) is 0 Å². The molecule has 3 aliphatic heterocycles. The van der Waals surface area contributed by atoms with Crippen LogP contribution >= 0.6 is 0 Å². The number of amides is 5. The number of piperazine rings is 1. The molecule has 0 bridgehead atoms. The average molecular weight is 457 g/mol. The molecule has 0 aromatic heterocycles. The van der Waals surface area contributed by atoms with E-state index in [1.54, 1.807) is 18.2 Å². The molecule has 4 rings (SSSR count). The first kappa shape index (κ1) is 22.9. The third-order valence-corrected chi connectivity index (χ3v) is 6.34. The number of piperidine rings is 1. The molecule has 0 saturated carbocycles. The molecule has 176 valence electrons. The molecule has 1 aromatic carbocycles. The summed E-state index contributed by atoms with van der Waals surface area (Å²) in [7, 11) is 0. The van der Waals surface area contributed by atoms with Gasteiger partial charge in [-0.25, -0.2) is 0 Å². The van der Waals surface area contributed by atoms with E-state index in [1.165, 1.54) is 0 Å². The molecule has 0 radical (unpaired) electrons. The van der Waals surface area contributed by atoms with E-state index in [9.17, 15) is 24.0 Å². The summed E-state index contributed by atoms with van der Waals surface area (Å²) in [6, 6.07) is 4.03. The van der Waals surface area contributed by atoms with Crippen LogP contribution in [0.25, 0.3) is 0 Å². The van der Waals surface area contributed by atoms with Crippen molar-refractivity contribution in [1.82, 2.24) is 20.0 Å². The Morgan fingerprint density at radius 2 is 1.67 bits per heavy atom. The van der Waals surface area contributed by atoms with Crippen molar-refractivity contribution in [3.63, 3.8) is 0 Å². The number of hydrogen-bond donors (Lipinski definition) is 3. The molecular weight excluding hydrogens is 428 g/mol. The van der Waals surface area contributed by atoms with E-state index >= 15 is 0 Å². The first-order chi connectivity index (χ1) is 15.8. The van der Waals surface area contributed by atoms with E-state index in [0.29, 0.717) is 19.5 Å². The number of rotatable bonds is 8. The molecule has 1 aromatic rings. The summed E-state index contributed by atoms with van der Waals surface area (Å²) < 4.78 is 0. The fourth-order valence-electron chi connectivity index (χ4n) is 4.44. The number of carbonyl (C=O) groups is 5. The number of anilines is 1. The van der Waals surface area contributed by atoms with Gasteiger partial charge in [-0.2, -0.15) is 0 Å². The van der Waals surface area contributed by atoms with Crippen LogP contribution in [0.3, 0.4) is 0 Å². The van der Waals surface area contributed by atoms with Crippen LogP contribution in [0, 0.1) is 0 Å². The summed E-state index contributed by atoms with van der Waals surface area (Å²) in [6.45, 7) is 5.75. The molecule has 0 aliphatic carbocycles. The second kappa shape index (κ2) is 9.67. The number of carbonyl (C=O) groups excluding carboxylic acids is 5. The Balaban J connectivity index is 1.29.